The fourth-order valence-corrected chi connectivity index (χ4v) is 2.65. The van der Waals surface area contributed by atoms with Crippen molar-refractivity contribution in [3.05, 3.63) is 64.7 Å². The average Bonchev–Trinajstić information content (AvgIpc) is 2.62. The molecule has 2 unspecified atom stereocenters. The van der Waals surface area contributed by atoms with Gasteiger partial charge in [0.15, 0.2) is 6.61 Å². The Hall–Kier alpha value is -2.57. The first kappa shape index (κ1) is 19.8. The highest BCUT2D eigenvalue weighted by atomic mass is 35.5. The molecule has 2 rings (SSSR count). The SMILES string of the molecule is COC(c1ccc(Cl)cc1)C(C)NC(=O)c1cccc(OCC(=O)O)c1. The van der Waals surface area contributed by atoms with E-state index in [0.717, 1.165) is 5.56 Å². The first-order chi connectivity index (χ1) is 12.4. The summed E-state index contributed by atoms with van der Waals surface area (Å²) in [5.41, 5.74) is 1.26. The largest absolute Gasteiger partial charge is 0.482 e. The number of benzene rings is 2. The molecule has 0 aliphatic heterocycles. The Morgan fingerprint density at radius 3 is 2.50 bits per heavy atom. The second kappa shape index (κ2) is 9.22. The number of carboxylic acids is 1. The highest BCUT2D eigenvalue weighted by Gasteiger charge is 2.21. The summed E-state index contributed by atoms with van der Waals surface area (Å²) < 4.78 is 10.6. The highest BCUT2D eigenvalue weighted by Crippen LogP contribution is 2.23. The molecule has 0 aliphatic rings. The van der Waals surface area contributed by atoms with Gasteiger partial charge in [-0.05, 0) is 42.8 Å². The zero-order valence-electron chi connectivity index (χ0n) is 14.4. The van der Waals surface area contributed by atoms with Crippen molar-refractivity contribution in [2.75, 3.05) is 13.7 Å². The van der Waals surface area contributed by atoms with Crippen molar-refractivity contribution >= 4 is 23.5 Å². The number of ether oxygens (including phenoxy) is 2. The molecule has 138 valence electrons. The monoisotopic (exact) mass is 377 g/mol. The van der Waals surface area contributed by atoms with Crippen molar-refractivity contribution in [3.8, 4) is 5.75 Å². The number of hydrogen-bond acceptors (Lipinski definition) is 4. The van der Waals surface area contributed by atoms with Crippen molar-refractivity contribution in [1.29, 1.82) is 0 Å². The lowest BCUT2D eigenvalue weighted by Crippen LogP contribution is -2.37. The van der Waals surface area contributed by atoms with Gasteiger partial charge in [0, 0.05) is 17.7 Å². The Bertz CT molecular complexity index is 763. The van der Waals surface area contributed by atoms with Crippen LogP contribution in [0, 0.1) is 0 Å². The third-order valence-corrected chi connectivity index (χ3v) is 3.98. The molecule has 0 bridgehead atoms. The lowest BCUT2D eigenvalue weighted by molar-refractivity contribution is -0.139. The molecule has 0 aromatic heterocycles. The molecule has 0 spiro atoms. The van der Waals surface area contributed by atoms with E-state index in [-0.39, 0.29) is 18.1 Å². The van der Waals surface area contributed by atoms with Crippen LogP contribution < -0.4 is 10.1 Å². The van der Waals surface area contributed by atoms with Crippen LogP contribution >= 0.6 is 11.6 Å². The van der Waals surface area contributed by atoms with Crippen molar-refractivity contribution < 1.29 is 24.2 Å². The van der Waals surface area contributed by atoms with Gasteiger partial charge < -0.3 is 19.9 Å². The second-order valence-electron chi connectivity index (χ2n) is 5.68. The molecule has 7 heteroatoms. The van der Waals surface area contributed by atoms with Crippen LogP contribution in [0.1, 0.15) is 28.9 Å². The first-order valence-electron chi connectivity index (χ1n) is 7.94. The summed E-state index contributed by atoms with van der Waals surface area (Å²) in [5, 5.41) is 12.2. The third-order valence-electron chi connectivity index (χ3n) is 3.72. The molecule has 1 amide bonds. The minimum absolute atomic E-state index is 0.308. The van der Waals surface area contributed by atoms with Crippen LogP contribution in [0.15, 0.2) is 48.5 Å². The topological polar surface area (TPSA) is 84.9 Å². The number of nitrogens with one attached hydrogen (secondary N) is 1. The van der Waals surface area contributed by atoms with Gasteiger partial charge in [-0.1, -0.05) is 29.8 Å². The predicted octanol–water partition coefficient (Wildman–Crippen LogP) is 3.31. The zero-order chi connectivity index (χ0) is 19.1. The van der Waals surface area contributed by atoms with Gasteiger partial charge in [-0.25, -0.2) is 4.79 Å². The van der Waals surface area contributed by atoms with Gasteiger partial charge in [0.25, 0.3) is 5.91 Å². The van der Waals surface area contributed by atoms with E-state index in [0.29, 0.717) is 16.3 Å². The number of hydrogen-bond donors (Lipinski definition) is 2. The first-order valence-corrected chi connectivity index (χ1v) is 8.32. The summed E-state index contributed by atoms with van der Waals surface area (Å²) >= 11 is 5.90. The number of amides is 1. The lowest BCUT2D eigenvalue weighted by Gasteiger charge is -2.24. The van der Waals surface area contributed by atoms with Crippen molar-refractivity contribution in [2.24, 2.45) is 0 Å². The minimum atomic E-state index is -1.08. The Morgan fingerprint density at radius 1 is 1.19 bits per heavy atom. The van der Waals surface area contributed by atoms with Gasteiger partial charge in [-0.2, -0.15) is 0 Å². The third kappa shape index (κ3) is 5.47. The van der Waals surface area contributed by atoms with E-state index in [1.807, 2.05) is 19.1 Å². The maximum absolute atomic E-state index is 12.5. The van der Waals surface area contributed by atoms with E-state index < -0.39 is 12.6 Å². The van der Waals surface area contributed by atoms with Gasteiger partial charge in [0.1, 0.15) is 11.9 Å². The van der Waals surface area contributed by atoms with Crippen LogP contribution in [-0.4, -0.2) is 36.7 Å². The lowest BCUT2D eigenvalue weighted by atomic mass is 10.0. The standard InChI is InChI=1S/C19H20ClNO5/c1-12(18(25-2)13-6-8-15(20)9-7-13)21-19(24)14-4-3-5-16(10-14)26-11-17(22)23/h3-10,12,18H,11H2,1-2H3,(H,21,24)(H,22,23). The molecule has 2 aromatic rings. The second-order valence-corrected chi connectivity index (χ2v) is 6.12. The van der Waals surface area contributed by atoms with Crippen LogP contribution in [-0.2, 0) is 9.53 Å². The molecule has 2 aromatic carbocycles. The van der Waals surface area contributed by atoms with Crippen LogP contribution in [0.5, 0.6) is 5.75 Å². The number of carboxylic acid groups (broad SMARTS) is 1. The average molecular weight is 378 g/mol. The van der Waals surface area contributed by atoms with Crippen LogP contribution in [0.4, 0.5) is 0 Å². The van der Waals surface area contributed by atoms with E-state index in [1.54, 1.807) is 37.4 Å². The number of carbonyl (C=O) groups is 2. The van der Waals surface area contributed by atoms with E-state index in [2.05, 4.69) is 5.32 Å². The molecule has 2 atom stereocenters. The van der Waals surface area contributed by atoms with E-state index in [1.165, 1.54) is 6.07 Å². The Morgan fingerprint density at radius 2 is 1.88 bits per heavy atom. The quantitative estimate of drug-likeness (QED) is 0.737. The van der Waals surface area contributed by atoms with Gasteiger partial charge in [-0.15, -0.1) is 0 Å². The van der Waals surface area contributed by atoms with E-state index >= 15 is 0 Å². The molecule has 0 fully saturated rings. The number of methoxy groups -OCH3 is 1. The van der Waals surface area contributed by atoms with Crippen molar-refractivity contribution in [3.63, 3.8) is 0 Å². The molecule has 0 heterocycles. The van der Waals surface area contributed by atoms with Gasteiger partial charge in [0.2, 0.25) is 0 Å². The van der Waals surface area contributed by atoms with Crippen LogP contribution in [0.25, 0.3) is 0 Å². The fourth-order valence-electron chi connectivity index (χ4n) is 2.52. The molecule has 0 saturated carbocycles. The number of rotatable bonds is 8. The normalized spacial score (nSPS) is 12.9. The zero-order valence-corrected chi connectivity index (χ0v) is 15.2. The molecular formula is C19H20ClNO5. The van der Waals surface area contributed by atoms with Gasteiger partial charge >= 0.3 is 5.97 Å². The maximum Gasteiger partial charge on any atom is 0.341 e. The Balaban J connectivity index is 2.06. The Labute approximate surface area is 156 Å². The summed E-state index contributed by atoms with van der Waals surface area (Å²) in [5.74, 6) is -1.08. The fraction of sp³-hybridized carbons (Fsp3) is 0.263. The molecule has 2 N–H and O–H groups in total. The summed E-state index contributed by atoms with van der Waals surface area (Å²) in [7, 11) is 1.57. The van der Waals surface area contributed by atoms with Crippen LogP contribution in [0.2, 0.25) is 5.02 Å². The van der Waals surface area contributed by atoms with Gasteiger partial charge in [0.05, 0.1) is 6.04 Å². The minimum Gasteiger partial charge on any atom is -0.482 e. The summed E-state index contributed by atoms with van der Waals surface area (Å²) in [6.45, 7) is 1.37. The predicted molar refractivity (Wildman–Crippen MR) is 97.7 cm³/mol. The summed E-state index contributed by atoms with van der Waals surface area (Å²) in [6.07, 6.45) is -0.345. The van der Waals surface area contributed by atoms with E-state index in [4.69, 9.17) is 26.2 Å². The number of aliphatic carboxylic acids is 1. The molecule has 0 aliphatic carbocycles. The highest BCUT2D eigenvalue weighted by molar-refractivity contribution is 6.30. The van der Waals surface area contributed by atoms with Crippen molar-refractivity contribution in [1.82, 2.24) is 5.32 Å². The molecule has 0 radical (unpaired) electrons. The smallest absolute Gasteiger partial charge is 0.341 e. The molecule has 6 nitrogen and oxygen atoms in total. The number of carbonyl (C=O) groups excluding carboxylic acids is 1. The van der Waals surface area contributed by atoms with Crippen LogP contribution in [0.3, 0.4) is 0 Å². The summed E-state index contributed by atoms with van der Waals surface area (Å²) in [6, 6.07) is 13.3. The Kier molecular flexibility index (Phi) is 7.00. The molecule has 26 heavy (non-hydrogen) atoms. The van der Waals surface area contributed by atoms with Crippen molar-refractivity contribution in [2.45, 2.75) is 19.1 Å². The number of halogens is 1. The maximum atomic E-state index is 12.5. The molecule has 0 saturated heterocycles. The molecular weight excluding hydrogens is 358 g/mol. The van der Waals surface area contributed by atoms with Gasteiger partial charge in [-0.3, -0.25) is 4.79 Å². The van der Waals surface area contributed by atoms with E-state index in [9.17, 15) is 9.59 Å². The summed E-state index contributed by atoms with van der Waals surface area (Å²) in [4.78, 5) is 23.1.